The lowest BCUT2D eigenvalue weighted by Gasteiger charge is -2.49. The second kappa shape index (κ2) is 17.7. The monoisotopic (exact) mass is 753 g/mol. The van der Waals surface area contributed by atoms with Crippen LogP contribution in [0.25, 0.3) is 0 Å². The van der Waals surface area contributed by atoms with Crippen LogP contribution in [-0.2, 0) is 52.3 Å². The average molecular weight is 754 g/mol. The Kier molecular flexibility index (Phi) is 14.9. The zero-order valence-corrected chi connectivity index (χ0v) is 30.6. The Bertz CT molecular complexity index is 1230. The molecule has 19 heteroatoms. The van der Waals surface area contributed by atoms with E-state index in [2.05, 4.69) is 5.32 Å². The third kappa shape index (κ3) is 11.2. The maximum atomic E-state index is 13.6. The van der Waals surface area contributed by atoms with Crippen LogP contribution in [0.2, 0.25) is 0 Å². The summed E-state index contributed by atoms with van der Waals surface area (Å²) < 4.78 is 40.7. The summed E-state index contributed by atoms with van der Waals surface area (Å²) in [4.78, 5) is 51.5. The normalized spacial score (nSPS) is 37.8. The molecule has 1 aliphatic carbocycles. The van der Waals surface area contributed by atoms with Gasteiger partial charge < -0.3 is 74.2 Å². The summed E-state index contributed by atoms with van der Waals surface area (Å²) in [6, 6.07) is -1.48. The first-order valence-electron chi connectivity index (χ1n) is 17.1. The molecule has 0 unspecified atom stereocenters. The second-order valence-corrected chi connectivity index (χ2v) is 15.3. The van der Waals surface area contributed by atoms with E-state index in [1.807, 2.05) is 0 Å². The van der Waals surface area contributed by atoms with Crippen molar-refractivity contribution in [1.82, 2.24) is 5.32 Å². The van der Waals surface area contributed by atoms with Crippen LogP contribution in [0.4, 0.5) is 0 Å². The van der Waals surface area contributed by atoms with E-state index in [-0.39, 0.29) is 12.8 Å². The number of aliphatic hydroxyl groups is 6. The van der Waals surface area contributed by atoms with Gasteiger partial charge in [0, 0.05) is 6.92 Å². The summed E-state index contributed by atoms with van der Waals surface area (Å²) in [6.07, 6.45) is -19.7. The van der Waals surface area contributed by atoms with Gasteiger partial charge in [-0.15, -0.1) is 0 Å². The van der Waals surface area contributed by atoms with E-state index >= 15 is 0 Å². The van der Waals surface area contributed by atoms with E-state index in [0.717, 1.165) is 6.92 Å². The van der Waals surface area contributed by atoms with Gasteiger partial charge in [0.25, 0.3) is 0 Å². The minimum Gasteiger partial charge on any atom is -0.479 e. The molecule has 3 rings (SSSR count). The highest BCUT2D eigenvalue weighted by molar-refractivity contribution is 5.83. The van der Waals surface area contributed by atoms with E-state index in [9.17, 15) is 54.9 Å². The molecule has 0 aromatic heterocycles. The molecule has 15 atom stereocenters. The molecular formula is C33H55NO18. The minimum absolute atomic E-state index is 0.282. The van der Waals surface area contributed by atoms with Crippen molar-refractivity contribution < 1.29 is 88.1 Å². The first kappa shape index (κ1) is 43.8. The van der Waals surface area contributed by atoms with E-state index in [1.165, 1.54) is 6.92 Å². The van der Waals surface area contributed by atoms with Crippen molar-refractivity contribution in [3.05, 3.63) is 0 Å². The number of esters is 2. The standard InChI is InChI=1S/C33H55NO18/c1-13(27(42)43)46-17-9-15(28(44)51-32(3,4)5)16(29(45)52-33(6,7)8)10-18(17)47-30-21(34-14(2)37)26(23(39)20(12-36)48-30)50-31-25(41)24(40)22(38)19(11-35)49-31/h13,15-26,30-31,35-36,38-41H,9-12H2,1-8H3,(H,34,37)(H,42,43)/t13-,15-,16+,17-,18+,19-,20-,21-,22+,23-,24+,25-,26-,30-,31+/m1/s1. The molecule has 0 spiro atoms. The Hall–Kier alpha value is -2.56. The molecule has 2 heterocycles. The summed E-state index contributed by atoms with van der Waals surface area (Å²) in [7, 11) is 0. The predicted octanol–water partition coefficient (Wildman–Crippen LogP) is -2.29. The lowest BCUT2D eigenvalue weighted by molar-refractivity contribution is -0.350. The number of rotatable bonds is 12. The van der Waals surface area contributed by atoms with Crippen LogP contribution in [-0.4, -0.2) is 164 Å². The first-order valence-corrected chi connectivity index (χ1v) is 17.1. The number of carbonyl (C=O) groups is 4. The molecule has 1 saturated carbocycles. The maximum absolute atomic E-state index is 13.6. The summed E-state index contributed by atoms with van der Waals surface area (Å²) in [5.41, 5.74) is -1.93. The van der Waals surface area contributed by atoms with Crippen LogP contribution >= 0.6 is 0 Å². The van der Waals surface area contributed by atoms with Crippen LogP contribution in [0.3, 0.4) is 0 Å². The van der Waals surface area contributed by atoms with Gasteiger partial charge >= 0.3 is 17.9 Å². The zero-order valence-electron chi connectivity index (χ0n) is 30.6. The smallest absolute Gasteiger partial charge is 0.332 e. The van der Waals surface area contributed by atoms with Gasteiger partial charge in [-0.3, -0.25) is 14.4 Å². The van der Waals surface area contributed by atoms with Crippen LogP contribution in [0, 0.1) is 11.8 Å². The molecule has 52 heavy (non-hydrogen) atoms. The third-order valence-corrected chi connectivity index (χ3v) is 8.69. The van der Waals surface area contributed by atoms with E-state index in [1.54, 1.807) is 41.5 Å². The quantitative estimate of drug-likeness (QED) is 0.0973. The number of aliphatic carboxylic acids is 1. The molecule has 2 saturated heterocycles. The van der Waals surface area contributed by atoms with E-state index in [0.29, 0.717) is 0 Å². The van der Waals surface area contributed by atoms with Gasteiger partial charge in [0.1, 0.15) is 60.0 Å². The molecule has 3 aliphatic rings. The highest BCUT2D eigenvalue weighted by atomic mass is 16.7. The highest BCUT2D eigenvalue weighted by Gasteiger charge is 2.54. The fourth-order valence-electron chi connectivity index (χ4n) is 6.26. The molecule has 8 N–H and O–H groups in total. The third-order valence-electron chi connectivity index (χ3n) is 8.69. The van der Waals surface area contributed by atoms with Crippen molar-refractivity contribution in [2.45, 2.75) is 159 Å². The van der Waals surface area contributed by atoms with Gasteiger partial charge in [0.15, 0.2) is 18.7 Å². The topological polar surface area (TPSA) is 287 Å². The summed E-state index contributed by atoms with van der Waals surface area (Å²) in [5, 5.41) is 74.4. The van der Waals surface area contributed by atoms with Crippen molar-refractivity contribution in [2.24, 2.45) is 11.8 Å². The van der Waals surface area contributed by atoms with Crippen molar-refractivity contribution in [1.29, 1.82) is 0 Å². The largest absolute Gasteiger partial charge is 0.479 e. The fourth-order valence-corrected chi connectivity index (χ4v) is 6.26. The lowest BCUT2D eigenvalue weighted by Crippen LogP contribution is -2.68. The maximum Gasteiger partial charge on any atom is 0.332 e. The molecule has 1 amide bonds. The summed E-state index contributed by atoms with van der Waals surface area (Å²) >= 11 is 0. The van der Waals surface area contributed by atoms with E-state index < -0.39 is 140 Å². The number of amides is 1. The van der Waals surface area contributed by atoms with Gasteiger partial charge in [0.05, 0.1) is 37.3 Å². The van der Waals surface area contributed by atoms with Crippen molar-refractivity contribution in [2.75, 3.05) is 13.2 Å². The average Bonchev–Trinajstić information content (AvgIpc) is 3.02. The van der Waals surface area contributed by atoms with E-state index in [4.69, 9.17) is 33.2 Å². The molecule has 19 nitrogen and oxygen atoms in total. The molecule has 0 bridgehead atoms. The lowest BCUT2D eigenvalue weighted by atomic mass is 9.75. The van der Waals surface area contributed by atoms with Gasteiger partial charge in [-0.1, -0.05) is 0 Å². The number of carbonyl (C=O) groups excluding carboxylic acids is 3. The number of hydrogen-bond acceptors (Lipinski definition) is 17. The second-order valence-electron chi connectivity index (χ2n) is 15.3. The number of aliphatic hydroxyl groups excluding tert-OH is 6. The van der Waals surface area contributed by atoms with Gasteiger partial charge in [0.2, 0.25) is 5.91 Å². The molecule has 3 fully saturated rings. The Morgan fingerprint density at radius 2 is 1.21 bits per heavy atom. The Morgan fingerprint density at radius 3 is 1.67 bits per heavy atom. The number of carboxylic acids is 1. The number of carboxylic acid groups (broad SMARTS) is 1. The first-order chi connectivity index (χ1) is 24.0. The van der Waals surface area contributed by atoms with Crippen LogP contribution in [0.15, 0.2) is 0 Å². The van der Waals surface area contributed by atoms with Crippen molar-refractivity contribution in [3.63, 3.8) is 0 Å². The molecule has 2 aliphatic heterocycles. The number of ether oxygens (including phenoxy) is 7. The molecular weight excluding hydrogens is 698 g/mol. The highest BCUT2D eigenvalue weighted by Crippen LogP contribution is 2.40. The van der Waals surface area contributed by atoms with Crippen molar-refractivity contribution in [3.8, 4) is 0 Å². The van der Waals surface area contributed by atoms with Crippen LogP contribution in [0.1, 0.15) is 68.2 Å². The SMILES string of the molecule is CC(=O)N[C@H]1[C@H](O[C@H]2C[C@H](C(=O)OC(C)(C)C)[C@H](C(=O)OC(C)(C)C)C[C@H]2O[C@H](C)C(=O)O)O[C@H](CO)[C@@H](O)[C@@H]1O[C@@H]1O[C@H](CO)[C@H](O)[C@H](O)[C@H]1O. The zero-order chi connectivity index (χ0) is 39.5. The predicted molar refractivity (Wildman–Crippen MR) is 173 cm³/mol. The van der Waals surface area contributed by atoms with Crippen LogP contribution in [0.5, 0.6) is 0 Å². The number of nitrogens with one attached hydrogen (secondary N) is 1. The Balaban J connectivity index is 2.05. The Labute approximate surface area is 301 Å². The molecule has 300 valence electrons. The van der Waals surface area contributed by atoms with Gasteiger partial charge in [-0.2, -0.15) is 0 Å². The Morgan fingerprint density at radius 1 is 0.731 bits per heavy atom. The van der Waals surface area contributed by atoms with Gasteiger partial charge in [-0.25, -0.2) is 4.79 Å². The van der Waals surface area contributed by atoms with Crippen molar-refractivity contribution >= 4 is 23.8 Å². The number of hydrogen-bond donors (Lipinski definition) is 8. The molecule has 0 aromatic rings. The summed E-state index contributed by atoms with van der Waals surface area (Å²) in [6.45, 7) is 10.6. The van der Waals surface area contributed by atoms with Crippen LogP contribution < -0.4 is 5.32 Å². The minimum atomic E-state index is -1.91. The molecule has 0 radical (unpaired) electrons. The van der Waals surface area contributed by atoms with Gasteiger partial charge in [-0.05, 0) is 61.3 Å². The summed E-state index contributed by atoms with van der Waals surface area (Å²) in [5.74, 6) is -5.96. The molecule has 0 aromatic carbocycles. The fraction of sp³-hybridized carbons (Fsp3) is 0.879.